The Morgan fingerprint density at radius 1 is 1.31 bits per heavy atom. The number of carbonyl (C=O) groups excluding carboxylic acids is 1. The zero-order chi connectivity index (χ0) is 22.0. The van der Waals surface area contributed by atoms with E-state index in [1.807, 2.05) is 0 Å². The maximum absolute atomic E-state index is 14.5. The van der Waals surface area contributed by atoms with Gasteiger partial charge in [0.15, 0.2) is 12.0 Å². The van der Waals surface area contributed by atoms with Gasteiger partial charge in [0.1, 0.15) is 17.4 Å². The van der Waals surface area contributed by atoms with Crippen LogP contribution in [0.4, 0.5) is 8.78 Å². The SMILES string of the molecule is Cn1nc(C(F)C2CC2)nc1C(=O)N1CCc2[nH]cnc2[C@@H]1c1cc2c(F)cccn2n1. The molecule has 6 rings (SSSR count). The first kappa shape index (κ1) is 19.1. The molecule has 5 heterocycles. The van der Waals surface area contributed by atoms with E-state index in [0.29, 0.717) is 29.9 Å². The number of alkyl halides is 1. The monoisotopic (exact) mass is 438 g/mol. The molecule has 32 heavy (non-hydrogen) atoms. The van der Waals surface area contributed by atoms with Gasteiger partial charge >= 0.3 is 0 Å². The number of rotatable bonds is 4. The molecule has 9 nitrogen and oxygen atoms in total. The van der Waals surface area contributed by atoms with E-state index in [0.717, 1.165) is 18.5 Å². The minimum atomic E-state index is -1.26. The predicted molar refractivity (Wildman–Crippen MR) is 108 cm³/mol. The lowest BCUT2D eigenvalue weighted by atomic mass is 9.99. The summed E-state index contributed by atoms with van der Waals surface area (Å²) in [4.78, 5) is 27.0. The number of H-pyrrole nitrogens is 1. The van der Waals surface area contributed by atoms with E-state index in [4.69, 9.17) is 0 Å². The van der Waals surface area contributed by atoms with Crippen LogP contribution in [0.1, 0.15) is 58.6 Å². The molecule has 1 N–H and O–H groups in total. The molecule has 0 bridgehead atoms. The third-order valence-electron chi connectivity index (χ3n) is 6.19. The predicted octanol–water partition coefficient (Wildman–Crippen LogP) is 2.53. The Kier molecular flexibility index (Phi) is 4.14. The quantitative estimate of drug-likeness (QED) is 0.528. The maximum atomic E-state index is 14.5. The normalized spacial score (nSPS) is 19.3. The van der Waals surface area contributed by atoms with Crippen LogP contribution < -0.4 is 0 Å². The molecule has 1 saturated carbocycles. The second-order valence-electron chi connectivity index (χ2n) is 8.33. The number of hydrogen-bond acceptors (Lipinski definition) is 5. The van der Waals surface area contributed by atoms with Crippen LogP contribution in [-0.2, 0) is 13.5 Å². The van der Waals surface area contributed by atoms with Gasteiger partial charge in [-0.05, 0) is 37.0 Å². The molecule has 1 aliphatic heterocycles. The van der Waals surface area contributed by atoms with Gasteiger partial charge in [0, 0.05) is 31.9 Å². The summed E-state index contributed by atoms with van der Waals surface area (Å²) in [6.07, 6.45) is 4.14. The molecule has 2 aliphatic rings. The summed E-state index contributed by atoms with van der Waals surface area (Å²) >= 11 is 0. The highest BCUT2D eigenvalue weighted by molar-refractivity contribution is 5.91. The van der Waals surface area contributed by atoms with Crippen molar-refractivity contribution in [1.82, 2.24) is 39.2 Å². The molecule has 164 valence electrons. The molecular weight excluding hydrogens is 418 g/mol. The van der Waals surface area contributed by atoms with Crippen molar-refractivity contribution >= 4 is 11.4 Å². The molecule has 1 aliphatic carbocycles. The summed E-state index contributed by atoms with van der Waals surface area (Å²) in [6, 6.07) is 3.91. The molecular formula is C21H20F2N8O. The molecule has 0 radical (unpaired) electrons. The first-order valence-electron chi connectivity index (χ1n) is 10.5. The van der Waals surface area contributed by atoms with Crippen LogP contribution >= 0.6 is 0 Å². The lowest BCUT2D eigenvalue weighted by Gasteiger charge is -2.33. The van der Waals surface area contributed by atoms with Crippen LogP contribution in [0, 0.1) is 11.7 Å². The molecule has 4 aromatic heterocycles. The number of aromatic amines is 1. The number of hydrogen-bond donors (Lipinski definition) is 1. The Morgan fingerprint density at radius 3 is 2.94 bits per heavy atom. The first-order valence-corrected chi connectivity index (χ1v) is 10.5. The van der Waals surface area contributed by atoms with Gasteiger partial charge in [0.25, 0.3) is 5.91 Å². The molecule has 2 atom stereocenters. The highest BCUT2D eigenvalue weighted by Gasteiger charge is 2.40. The number of nitrogens with one attached hydrogen (secondary N) is 1. The van der Waals surface area contributed by atoms with E-state index < -0.39 is 23.9 Å². The highest BCUT2D eigenvalue weighted by Crippen LogP contribution is 2.42. The second-order valence-corrected chi connectivity index (χ2v) is 8.33. The standard InChI is InChI=1S/C21H20F2N8O/c1-29-20(26-19(28-29)16(23)11-4-5-11)21(32)30-8-6-13-17(25-10-24-13)18(30)14-9-15-12(22)3-2-7-31(15)27-14/h2-3,7,9-11,16,18H,4-6,8H2,1H3,(H,24,25)/t16?,18-/m0/s1. The molecule has 0 spiro atoms. The zero-order valence-electron chi connectivity index (χ0n) is 17.2. The average molecular weight is 438 g/mol. The van der Waals surface area contributed by atoms with Crippen LogP contribution in [0.25, 0.3) is 5.52 Å². The number of aromatic nitrogens is 7. The van der Waals surface area contributed by atoms with Gasteiger partial charge in [-0.1, -0.05) is 0 Å². The van der Waals surface area contributed by atoms with Crippen molar-refractivity contribution in [2.75, 3.05) is 6.54 Å². The smallest absolute Gasteiger partial charge is 0.292 e. The summed E-state index contributed by atoms with van der Waals surface area (Å²) in [5, 5.41) is 8.67. The van der Waals surface area contributed by atoms with Crippen molar-refractivity contribution in [2.45, 2.75) is 31.5 Å². The van der Waals surface area contributed by atoms with Gasteiger partial charge in [-0.2, -0.15) is 10.2 Å². The molecule has 0 aromatic carbocycles. The fourth-order valence-electron chi connectivity index (χ4n) is 4.36. The summed E-state index contributed by atoms with van der Waals surface area (Å²) in [5.41, 5.74) is 2.34. The van der Waals surface area contributed by atoms with Gasteiger partial charge in [-0.15, -0.1) is 0 Å². The Bertz CT molecular complexity index is 1340. The molecule has 1 amide bonds. The number of nitrogens with zero attached hydrogens (tertiary/aromatic N) is 7. The summed E-state index contributed by atoms with van der Waals surface area (Å²) in [7, 11) is 1.59. The maximum Gasteiger partial charge on any atom is 0.292 e. The van der Waals surface area contributed by atoms with Crippen molar-refractivity contribution in [3.63, 3.8) is 0 Å². The van der Waals surface area contributed by atoms with E-state index >= 15 is 0 Å². The van der Waals surface area contributed by atoms with Gasteiger partial charge in [-0.25, -0.2) is 27.9 Å². The van der Waals surface area contributed by atoms with Gasteiger partial charge < -0.3 is 9.88 Å². The fraction of sp³-hybridized carbons (Fsp3) is 0.381. The van der Waals surface area contributed by atoms with E-state index in [-0.39, 0.29) is 17.6 Å². The third kappa shape index (κ3) is 2.91. The fourth-order valence-corrected chi connectivity index (χ4v) is 4.36. The van der Waals surface area contributed by atoms with Crippen LogP contribution in [0.3, 0.4) is 0 Å². The zero-order valence-corrected chi connectivity index (χ0v) is 17.2. The minimum absolute atomic E-state index is 0.0437. The number of imidazole rings is 1. The van der Waals surface area contributed by atoms with Crippen LogP contribution in [-0.4, -0.2) is 51.7 Å². The largest absolute Gasteiger partial charge is 0.348 e. The number of fused-ring (bicyclic) bond motifs is 2. The second kappa shape index (κ2) is 6.94. The van der Waals surface area contributed by atoms with E-state index in [1.54, 1.807) is 36.6 Å². The van der Waals surface area contributed by atoms with Crippen LogP contribution in [0.2, 0.25) is 0 Å². The molecule has 0 saturated heterocycles. The summed E-state index contributed by atoms with van der Waals surface area (Å²) in [6.45, 7) is 0.374. The summed E-state index contributed by atoms with van der Waals surface area (Å²) < 4.78 is 31.6. The third-order valence-corrected chi connectivity index (χ3v) is 6.19. The van der Waals surface area contributed by atoms with Crippen LogP contribution in [0.15, 0.2) is 30.7 Å². The number of amides is 1. The Morgan fingerprint density at radius 2 is 2.16 bits per heavy atom. The highest BCUT2D eigenvalue weighted by atomic mass is 19.1. The number of pyridine rings is 1. The van der Waals surface area contributed by atoms with E-state index in [9.17, 15) is 13.6 Å². The summed E-state index contributed by atoms with van der Waals surface area (Å²) in [5.74, 6) is -0.772. The lowest BCUT2D eigenvalue weighted by molar-refractivity contribution is 0.0669. The van der Waals surface area contributed by atoms with Gasteiger partial charge in [0.05, 0.1) is 17.7 Å². The number of halogens is 2. The van der Waals surface area contributed by atoms with Crippen molar-refractivity contribution in [2.24, 2.45) is 13.0 Å². The molecule has 4 aromatic rings. The van der Waals surface area contributed by atoms with E-state index in [1.165, 1.54) is 15.3 Å². The number of aryl methyl sites for hydroxylation is 1. The molecule has 11 heteroatoms. The molecule has 1 unspecified atom stereocenters. The Balaban J connectivity index is 1.42. The molecule has 1 fully saturated rings. The van der Waals surface area contributed by atoms with E-state index in [2.05, 4.69) is 25.1 Å². The van der Waals surface area contributed by atoms with Crippen molar-refractivity contribution in [3.05, 3.63) is 65.3 Å². The van der Waals surface area contributed by atoms with Crippen molar-refractivity contribution in [3.8, 4) is 0 Å². The first-order chi connectivity index (χ1) is 15.5. The van der Waals surface area contributed by atoms with Gasteiger partial charge in [-0.3, -0.25) is 4.79 Å². The van der Waals surface area contributed by atoms with Crippen molar-refractivity contribution in [1.29, 1.82) is 0 Å². The topological polar surface area (TPSA) is 97.0 Å². The van der Waals surface area contributed by atoms with Gasteiger partial charge in [0.2, 0.25) is 5.82 Å². The minimum Gasteiger partial charge on any atom is -0.348 e. The Labute approximate surface area is 181 Å². The lowest BCUT2D eigenvalue weighted by Crippen LogP contribution is -2.42. The van der Waals surface area contributed by atoms with Crippen molar-refractivity contribution < 1.29 is 13.6 Å². The Hall–Kier alpha value is -3.63. The number of carbonyl (C=O) groups is 1. The average Bonchev–Trinajstić information content (AvgIpc) is 3.19. The van der Waals surface area contributed by atoms with Crippen LogP contribution in [0.5, 0.6) is 0 Å².